The van der Waals surface area contributed by atoms with Crippen molar-refractivity contribution in [3.8, 4) is 0 Å². The second kappa shape index (κ2) is 4.61. The molecule has 12 heavy (non-hydrogen) atoms. The van der Waals surface area contributed by atoms with Crippen molar-refractivity contribution < 1.29 is 10.0 Å². The zero-order valence-electron chi connectivity index (χ0n) is 6.61. The minimum atomic E-state index is -0.321. The molecule has 68 valence electrons. The summed E-state index contributed by atoms with van der Waals surface area (Å²) in [6.45, 7) is 0. The van der Waals surface area contributed by atoms with Crippen molar-refractivity contribution in [2.45, 2.75) is 5.25 Å². The van der Waals surface area contributed by atoms with Crippen LogP contribution in [0.15, 0.2) is 5.16 Å². The Hall–Kier alpha value is -0.360. The van der Waals surface area contributed by atoms with Crippen molar-refractivity contribution >= 4 is 34.5 Å². The van der Waals surface area contributed by atoms with E-state index >= 15 is 0 Å². The van der Waals surface area contributed by atoms with E-state index in [4.69, 9.17) is 5.21 Å². The Morgan fingerprint density at radius 3 is 3.08 bits per heavy atom. The number of hydrogen-bond acceptors (Lipinski definition) is 5. The summed E-state index contributed by atoms with van der Waals surface area (Å²) in [5, 5.41) is 14.4. The number of oxime groups is 1. The molecule has 1 rings (SSSR count). The minimum absolute atomic E-state index is 0.0972. The molecule has 0 aromatic rings. The molecule has 1 atom stereocenters. The van der Waals surface area contributed by atoms with Gasteiger partial charge >= 0.3 is 0 Å². The zero-order valence-corrected chi connectivity index (χ0v) is 8.24. The standard InChI is InChI=1S/C6H10N2O2S2/c1-7-5(9)4-6(8-10)12-3-2-11-4/h4,10H,2-3H2,1H3,(H,7,9). The maximum atomic E-state index is 11.2. The van der Waals surface area contributed by atoms with Crippen molar-refractivity contribution in [1.82, 2.24) is 5.32 Å². The van der Waals surface area contributed by atoms with Crippen molar-refractivity contribution in [3.05, 3.63) is 0 Å². The monoisotopic (exact) mass is 206 g/mol. The van der Waals surface area contributed by atoms with Crippen LogP contribution >= 0.6 is 23.5 Å². The van der Waals surface area contributed by atoms with Gasteiger partial charge in [-0.25, -0.2) is 0 Å². The van der Waals surface area contributed by atoms with Gasteiger partial charge in [-0.3, -0.25) is 4.79 Å². The number of thioether (sulfide) groups is 2. The molecule has 1 unspecified atom stereocenters. The normalized spacial score (nSPS) is 27.1. The molecule has 6 heteroatoms. The van der Waals surface area contributed by atoms with E-state index in [0.29, 0.717) is 5.04 Å². The van der Waals surface area contributed by atoms with Gasteiger partial charge in [0.1, 0.15) is 10.3 Å². The number of carbonyl (C=O) groups is 1. The highest BCUT2D eigenvalue weighted by molar-refractivity contribution is 8.18. The highest BCUT2D eigenvalue weighted by Gasteiger charge is 2.28. The molecule has 0 radical (unpaired) electrons. The molecule has 0 bridgehead atoms. The molecule has 2 N–H and O–H groups in total. The second-order valence-corrected chi connectivity index (χ2v) is 4.48. The van der Waals surface area contributed by atoms with Crippen LogP contribution in [-0.2, 0) is 4.79 Å². The summed E-state index contributed by atoms with van der Waals surface area (Å²) < 4.78 is 0. The summed E-state index contributed by atoms with van der Waals surface area (Å²) >= 11 is 2.94. The summed E-state index contributed by atoms with van der Waals surface area (Å²) in [5.74, 6) is 1.72. The Kier molecular flexibility index (Phi) is 3.74. The molecule has 0 aliphatic carbocycles. The average molecular weight is 206 g/mol. The lowest BCUT2D eigenvalue weighted by molar-refractivity contribution is -0.119. The predicted molar refractivity (Wildman–Crippen MR) is 52.0 cm³/mol. The second-order valence-electron chi connectivity index (χ2n) is 2.15. The Labute approximate surface area is 79.2 Å². The first-order valence-electron chi connectivity index (χ1n) is 3.47. The van der Waals surface area contributed by atoms with Crippen molar-refractivity contribution in [2.24, 2.45) is 5.16 Å². The molecule has 1 saturated heterocycles. The van der Waals surface area contributed by atoms with E-state index in [0.717, 1.165) is 11.5 Å². The van der Waals surface area contributed by atoms with Crippen LogP contribution in [0.1, 0.15) is 0 Å². The number of hydrogen-bond donors (Lipinski definition) is 2. The van der Waals surface area contributed by atoms with Crippen LogP contribution < -0.4 is 5.32 Å². The lowest BCUT2D eigenvalue weighted by Crippen LogP contribution is -2.36. The van der Waals surface area contributed by atoms with Gasteiger partial charge in [-0.05, 0) is 0 Å². The van der Waals surface area contributed by atoms with Gasteiger partial charge in [0.15, 0.2) is 0 Å². The van der Waals surface area contributed by atoms with E-state index < -0.39 is 0 Å². The first kappa shape index (κ1) is 9.73. The summed E-state index contributed by atoms with van der Waals surface area (Å²) in [4.78, 5) is 11.2. The van der Waals surface area contributed by atoms with Gasteiger partial charge in [-0.1, -0.05) is 5.16 Å². The number of nitrogens with zero attached hydrogens (tertiary/aromatic N) is 1. The minimum Gasteiger partial charge on any atom is -0.410 e. The largest absolute Gasteiger partial charge is 0.410 e. The van der Waals surface area contributed by atoms with E-state index in [1.54, 1.807) is 7.05 Å². The van der Waals surface area contributed by atoms with Crippen molar-refractivity contribution in [2.75, 3.05) is 18.6 Å². The molecule has 1 fully saturated rings. The Bertz CT molecular complexity index is 208. The number of amides is 1. The maximum Gasteiger partial charge on any atom is 0.239 e. The summed E-state index contributed by atoms with van der Waals surface area (Å²) in [7, 11) is 1.58. The average Bonchev–Trinajstić information content (AvgIpc) is 2.16. The molecule has 1 aliphatic heterocycles. The summed E-state index contributed by atoms with van der Waals surface area (Å²) in [6, 6.07) is 0. The van der Waals surface area contributed by atoms with Crippen LogP contribution in [0.25, 0.3) is 0 Å². The molecule has 0 aromatic carbocycles. The lowest BCUT2D eigenvalue weighted by atomic mass is 10.4. The van der Waals surface area contributed by atoms with Crippen LogP contribution in [0, 0.1) is 0 Å². The van der Waals surface area contributed by atoms with E-state index in [9.17, 15) is 4.79 Å². The Morgan fingerprint density at radius 1 is 1.75 bits per heavy atom. The van der Waals surface area contributed by atoms with E-state index in [1.807, 2.05) is 0 Å². The number of rotatable bonds is 1. The van der Waals surface area contributed by atoms with Gasteiger partial charge in [0.2, 0.25) is 5.91 Å². The first-order chi connectivity index (χ1) is 5.79. The first-order valence-corrected chi connectivity index (χ1v) is 5.51. The molecule has 1 amide bonds. The van der Waals surface area contributed by atoms with Gasteiger partial charge in [-0.15, -0.1) is 23.5 Å². The third-order valence-corrected chi connectivity index (χ3v) is 4.06. The Morgan fingerprint density at radius 2 is 2.50 bits per heavy atom. The fourth-order valence-corrected chi connectivity index (χ4v) is 3.21. The van der Waals surface area contributed by atoms with Crippen LogP contribution in [0.2, 0.25) is 0 Å². The van der Waals surface area contributed by atoms with Gasteiger partial charge < -0.3 is 10.5 Å². The zero-order chi connectivity index (χ0) is 8.97. The topological polar surface area (TPSA) is 61.7 Å². The fourth-order valence-electron chi connectivity index (χ4n) is 0.859. The number of nitrogens with one attached hydrogen (secondary N) is 1. The third kappa shape index (κ3) is 2.07. The maximum absolute atomic E-state index is 11.2. The van der Waals surface area contributed by atoms with Crippen LogP contribution in [-0.4, -0.2) is 40.0 Å². The molecular weight excluding hydrogens is 196 g/mol. The molecule has 0 saturated carbocycles. The summed E-state index contributed by atoms with van der Waals surface area (Å²) in [5.41, 5.74) is 0. The summed E-state index contributed by atoms with van der Waals surface area (Å²) in [6.07, 6.45) is 0. The fraction of sp³-hybridized carbons (Fsp3) is 0.667. The highest BCUT2D eigenvalue weighted by atomic mass is 32.2. The van der Waals surface area contributed by atoms with Crippen molar-refractivity contribution in [1.29, 1.82) is 0 Å². The van der Waals surface area contributed by atoms with Crippen LogP contribution in [0.4, 0.5) is 0 Å². The Balaban J connectivity index is 2.65. The van der Waals surface area contributed by atoms with Gasteiger partial charge in [0.05, 0.1) is 0 Å². The molecule has 1 aliphatic rings. The van der Waals surface area contributed by atoms with E-state index in [-0.39, 0.29) is 11.2 Å². The van der Waals surface area contributed by atoms with Crippen molar-refractivity contribution in [3.63, 3.8) is 0 Å². The van der Waals surface area contributed by atoms with E-state index in [1.165, 1.54) is 23.5 Å². The number of carbonyl (C=O) groups excluding carboxylic acids is 1. The SMILES string of the molecule is CNC(=O)C1SCCSC1=NO. The van der Waals surface area contributed by atoms with Gasteiger partial charge in [0.25, 0.3) is 0 Å². The third-order valence-electron chi connectivity index (χ3n) is 1.43. The molecule has 0 aromatic heterocycles. The molecular formula is C6H10N2O2S2. The van der Waals surface area contributed by atoms with Gasteiger partial charge in [-0.2, -0.15) is 0 Å². The molecule has 1 heterocycles. The highest BCUT2D eigenvalue weighted by Crippen LogP contribution is 2.26. The molecule has 4 nitrogen and oxygen atoms in total. The lowest BCUT2D eigenvalue weighted by Gasteiger charge is -2.19. The van der Waals surface area contributed by atoms with E-state index in [2.05, 4.69) is 10.5 Å². The smallest absolute Gasteiger partial charge is 0.239 e. The quantitative estimate of drug-likeness (QED) is 0.480. The molecule has 0 spiro atoms. The van der Waals surface area contributed by atoms with Crippen LogP contribution in [0.3, 0.4) is 0 Å². The predicted octanol–water partition coefficient (Wildman–Crippen LogP) is 0.369. The van der Waals surface area contributed by atoms with Gasteiger partial charge in [0, 0.05) is 18.6 Å². The van der Waals surface area contributed by atoms with Crippen LogP contribution in [0.5, 0.6) is 0 Å².